The van der Waals surface area contributed by atoms with Crippen LogP contribution >= 0.6 is 11.8 Å². The Morgan fingerprint density at radius 3 is 2.62 bits per heavy atom. The number of furan rings is 1. The quantitative estimate of drug-likeness (QED) is 0.643. The van der Waals surface area contributed by atoms with E-state index in [9.17, 15) is 22.8 Å². The molecule has 2 amide bonds. The number of nitrogens with one attached hydrogen (secondary N) is 1. The molecule has 2 aromatic rings. The summed E-state index contributed by atoms with van der Waals surface area (Å²) in [6, 6.07) is 8.19. The fraction of sp³-hybridized carbons (Fsp3) is 0.391. The fourth-order valence-electron chi connectivity index (χ4n) is 4.09. The second kappa shape index (κ2) is 9.44. The molecule has 2 heterocycles. The molecule has 1 aliphatic carbocycles. The second-order valence-electron chi connectivity index (χ2n) is 7.93. The van der Waals surface area contributed by atoms with Gasteiger partial charge in [-0.15, -0.1) is 11.8 Å². The van der Waals surface area contributed by atoms with Gasteiger partial charge in [0.2, 0.25) is 5.91 Å². The van der Waals surface area contributed by atoms with Gasteiger partial charge < -0.3 is 14.6 Å². The van der Waals surface area contributed by atoms with Gasteiger partial charge in [0.25, 0.3) is 5.91 Å². The highest BCUT2D eigenvalue weighted by molar-refractivity contribution is 8.04. The first-order valence-corrected chi connectivity index (χ1v) is 11.3. The summed E-state index contributed by atoms with van der Waals surface area (Å²) in [7, 11) is 0. The van der Waals surface area contributed by atoms with Crippen molar-refractivity contribution in [2.45, 2.75) is 49.7 Å². The van der Waals surface area contributed by atoms with E-state index in [2.05, 4.69) is 5.32 Å². The zero-order chi connectivity index (χ0) is 22.7. The molecule has 0 bridgehead atoms. The smallest absolute Gasteiger partial charge is 0.416 e. The van der Waals surface area contributed by atoms with Crippen molar-refractivity contribution in [3.05, 3.63) is 64.5 Å². The summed E-state index contributed by atoms with van der Waals surface area (Å²) in [5, 5.41) is 2.94. The Balaban J connectivity index is 1.50. The molecular weight excluding hydrogens is 441 g/mol. The van der Waals surface area contributed by atoms with Gasteiger partial charge in [-0.05, 0) is 48.7 Å². The predicted octanol–water partition coefficient (Wildman–Crippen LogP) is 4.84. The lowest BCUT2D eigenvalue weighted by Gasteiger charge is -2.43. The first kappa shape index (κ1) is 22.5. The van der Waals surface area contributed by atoms with Gasteiger partial charge >= 0.3 is 6.18 Å². The van der Waals surface area contributed by atoms with Crippen molar-refractivity contribution in [1.82, 2.24) is 10.2 Å². The highest BCUT2D eigenvalue weighted by atomic mass is 32.2. The predicted molar refractivity (Wildman–Crippen MR) is 115 cm³/mol. The van der Waals surface area contributed by atoms with E-state index in [1.54, 1.807) is 23.1 Å². The Hall–Kier alpha value is -2.68. The number of nitrogens with zero attached hydrogens (tertiary/aromatic N) is 1. The van der Waals surface area contributed by atoms with Crippen LogP contribution in [0.4, 0.5) is 13.2 Å². The van der Waals surface area contributed by atoms with Gasteiger partial charge in [-0.1, -0.05) is 25.0 Å². The maximum atomic E-state index is 13.2. The SMILES string of the molecule is O=C(CN1C(=O)/C(=C\c2ccc(C(F)(F)F)cc2)SC2CCCCC21)NCc1ccco1. The molecule has 1 saturated heterocycles. The Bertz CT molecular complexity index is 987. The van der Waals surface area contributed by atoms with Gasteiger partial charge in [-0.25, -0.2) is 0 Å². The van der Waals surface area contributed by atoms with E-state index in [-0.39, 0.29) is 36.2 Å². The van der Waals surface area contributed by atoms with E-state index in [0.29, 0.717) is 16.2 Å². The van der Waals surface area contributed by atoms with Crippen LogP contribution in [0.1, 0.15) is 42.6 Å². The van der Waals surface area contributed by atoms with Gasteiger partial charge in [-0.3, -0.25) is 9.59 Å². The topological polar surface area (TPSA) is 62.6 Å². The molecule has 2 unspecified atom stereocenters. The van der Waals surface area contributed by atoms with Crippen molar-refractivity contribution in [1.29, 1.82) is 0 Å². The minimum absolute atomic E-state index is 0.0274. The lowest BCUT2D eigenvalue weighted by atomic mass is 9.93. The van der Waals surface area contributed by atoms with Crippen molar-refractivity contribution in [2.75, 3.05) is 6.54 Å². The Morgan fingerprint density at radius 1 is 1.19 bits per heavy atom. The number of rotatable bonds is 5. The maximum absolute atomic E-state index is 13.2. The highest BCUT2D eigenvalue weighted by Gasteiger charge is 2.41. The van der Waals surface area contributed by atoms with Gasteiger partial charge in [0, 0.05) is 11.3 Å². The van der Waals surface area contributed by atoms with E-state index in [1.165, 1.54) is 30.2 Å². The molecule has 1 aromatic carbocycles. The third-order valence-corrected chi connectivity index (χ3v) is 7.11. The standard InChI is InChI=1S/C23H23F3N2O3S/c24-23(25,26)16-9-7-15(8-10-16)12-20-22(30)28(18-5-1-2-6-19(18)32-20)14-21(29)27-13-17-4-3-11-31-17/h3-4,7-12,18-19H,1-2,5-6,13-14H2,(H,27,29)/b20-12+. The molecule has 0 radical (unpaired) electrons. The number of thioether (sulfide) groups is 1. The Morgan fingerprint density at radius 2 is 1.94 bits per heavy atom. The van der Waals surface area contributed by atoms with Crippen LogP contribution in [0.2, 0.25) is 0 Å². The second-order valence-corrected chi connectivity index (χ2v) is 9.21. The molecule has 2 atom stereocenters. The first-order valence-electron chi connectivity index (χ1n) is 10.5. The van der Waals surface area contributed by atoms with Crippen LogP contribution in [0.15, 0.2) is 52.0 Å². The number of amides is 2. The molecule has 4 rings (SSSR count). The molecular formula is C23H23F3N2O3S. The number of fused-ring (bicyclic) bond motifs is 1. The lowest BCUT2D eigenvalue weighted by molar-refractivity contribution is -0.137. The summed E-state index contributed by atoms with van der Waals surface area (Å²) in [4.78, 5) is 27.9. The number of alkyl halides is 3. The fourth-order valence-corrected chi connectivity index (χ4v) is 5.56. The van der Waals surface area contributed by atoms with E-state index < -0.39 is 11.7 Å². The third kappa shape index (κ3) is 5.20. The highest BCUT2D eigenvalue weighted by Crippen LogP contribution is 2.42. The summed E-state index contributed by atoms with van der Waals surface area (Å²) < 4.78 is 43.7. The van der Waals surface area contributed by atoms with Crippen molar-refractivity contribution in [3.63, 3.8) is 0 Å². The van der Waals surface area contributed by atoms with Gasteiger partial charge in [0.1, 0.15) is 12.3 Å². The van der Waals surface area contributed by atoms with E-state index >= 15 is 0 Å². The average molecular weight is 465 g/mol. The van der Waals surface area contributed by atoms with Crippen LogP contribution in [0.25, 0.3) is 6.08 Å². The van der Waals surface area contributed by atoms with Crippen molar-refractivity contribution in [2.24, 2.45) is 0 Å². The maximum Gasteiger partial charge on any atom is 0.416 e. The zero-order valence-electron chi connectivity index (χ0n) is 17.2. The summed E-state index contributed by atoms with van der Waals surface area (Å²) in [5.41, 5.74) is -0.213. The van der Waals surface area contributed by atoms with Gasteiger partial charge in [0.05, 0.1) is 23.3 Å². The number of carbonyl (C=O) groups is 2. The van der Waals surface area contributed by atoms with E-state index in [0.717, 1.165) is 37.8 Å². The zero-order valence-corrected chi connectivity index (χ0v) is 18.0. The third-order valence-electron chi connectivity index (χ3n) is 5.71. The van der Waals surface area contributed by atoms with Crippen LogP contribution in [-0.2, 0) is 22.3 Å². The Kier molecular flexibility index (Phi) is 6.64. The Labute approximate surface area is 188 Å². The molecule has 9 heteroatoms. The minimum Gasteiger partial charge on any atom is -0.467 e. The van der Waals surface area contributed by atoms with E-state index in [1.807, 2.05) is 0 Å². The molecule has 1 aromatic heterocycles. The monoisotopic (exact) mass is 464 g/mol. The van der Waals surface area contributed by atoms with Crippen LogP contribution in [0.3, 0.4) is 0 Å². The molecule has 1 N–H and O–H groups in total. The number of halogens is 3. The summed E-state index contributed by atoms with van der Waals surface area (Å²) in [5.74, 6) is 0.0864. The van der Waals surface area contributed by atoms with Crippen molar-refractivity contribution < 1.29 is 27.2 Å². The molecule has 1 aliphatic heterocycles. The number of hydrogen-bond acceptors (Lipinski definition) is 4. The first-order chi connectivity index (χ1) is 15.3. The lowest BCUT2D eigenvalue weighted by Crippen LogP contribution is -2.54. The molecule has 2 fully saturated rings. The molecule has 32 heavy (non-hydrogen) atoms. The van der Waals surface area contributed by atoms with Crippen LogP contribution < -0.4 is 5.32 Å². The van der Waals surface area contributed by atoms with E-state index in [4.69, 9.17) is 4.42 Å². The summed E-state index contributed by atoms with van der Waals surface area (Å²) in [6.07, 6.45) is 2.55. The molecule has 2 aliphatic rings. The number of benzene rings is 1. The molecule has 0 spiro atoms. The van der Waals surface area contributed by atoms with Crippen LogP contribution in [0.5, 0.6) is 0 Å². The van der Waals surface area contributed by atoms with Crippen LogP contribution in [0, 0.1) is 0 Å². The van der Waals surface area contributed by atoms with Crippen molar-refractivity contribution >= 4 is 29.7 Å². The van der Waals surface area contributed by atoms with Gasteiger partial charge in [-0.2, -0.15) is 13.2 Å². The molecule has 170 valence electrons. The largest absolute Gasteiger partial charge is 0.467 e. The normalized spacial score (nSPS) is 22.7. The van der Waals surface area contributed by atoms with Crippen molar-refractivity contribution in [3.8, 4) is 0 Å². The average Bonchev–Trinajstić information content (AvgIpc) is 3.29. The number of carbonyl (C=O) groups excluding carboxylic acids is 2. The molecule has 5 nitrogen and oxygen atoms in total. The summed E-state index contributed by atoms with van der Waals surface area (Å²) >= 11 is 1.47. The number of hydrogen-bond donors (Lipinski definition) is 1. The minimum atomic E-state index is -4.41. The molecule has 1 saturated carbocycles. The summed E-state index contributed by atoms with van der Waals surface area (Å²) in [6.45, 7) is 0.177. The van der Waals surface area contributed by atoms with Crippen LogP contribution in [-0.4, -0.2) is 34.6 Å². The van der Waals surface area contributed by atoms with Gasteiger partial charge in [0.15, 0.2) is 0 Å².